The van der Waals surface area contributed by atoms with Gasteiger partial charge in [-0.15, -0.1) is 0 Å². The first-order valence-electron chi connectivity index (χ1n) is 22.2. The molecule has 0 aliphatic heterocycles. The topological polar surface area (TPSA) is 3.24 Å². The maximum Gasteiger partial charge on any atom is 0.0546 e. The zero-order valence-corrected chi connectivity index (χ0v) is 36.3. The van der Waals surface area contributed by atoms with E-state index in [9.17, 15) is 0 Å². The summed E-state index contributed by atoms with van der Waals surface area (Å²) in [6.45, 7) is 14.3. The summed E-state index contributed by atoms with van der Waals surface area (Å²) in [5.41, 5.74) is 24.3. The average Bonchev–Trinajstić information content (AvgIpc) is 3.67. The highest BCUT2D eigenvalue weighted by Gasteiger charge is 2.39. The van der Waals surface area contributed by atoms with Gasteiger partial charge in [0.25, 0.3) is 0 Å². The summed E-state index contributed by atoms with van der Waals surface area (Å²) in [5.74, 6) is 0. The maximum absolute atomic E-state index is 2.52. The first kappa shape index (κ1) is 36.9. The van der Waals surface area contributed by atoms with Gasteiger partial charge in [0.1, 0.15) is 0 Å². The molecule has 0 spiro atoms. The van der Waals surface area contributed by atoms with Crippen molar-refractivity contribution in [3.8, 4) is 55.6 Å². The highest BCUT2D eigenvalue weighted by atomic mass is 15.1. The third-order valence-corrected chi connectivity index (χ3v) is 14.9. The third kappa shape index (κ3) is 5.15. The van der Waals surface area contributed by atoms with Crippen LogP contribution in [0.3, 0.4) is 0 Å². The Morgan fingerprint density at radius 1 is 0.306 bits per heavy atom. The number of fused-ring (bicyclic) bond motifs is 8. The van der Waals surface area contributed by atoms with E-state index in [1.54, 1.807) is 0 Å². The van der Waals surface area contributed by atoms with Gasteiger partial charge in [-0.2, -0.15) is 0 Å². The smallest absolute Gasteiger partial charge is 0.0546 e. The van der Waals surface area contributed by atoms with Crippen molar-refractivity contribution in [3.05, 3.63) is 221 Å². The summed E-state index contributed by atoms with van der Waals surface area (Å²) in [6, 6.07) is 71.0. The molecular weight excluding hydrogens is 747 g/mol. The molecule has 0 fully saturated rings. The highest BCUT2D eigenvalue weighted by molar-refractivity contribution is 6.10. The fraction of sp³-hybridized carbons (Fsp3) is 0.148. The Bertz CT molecular complexity index is 3310. The second-order valence-electron chi connectivity index (χ2n) is 19.3. The maximum atomic E-state index is 2.52. The van der Waals surface area contributed by atoms with Gasteiger partial charge in [-0.3, -0.25) is 0 Å². The van der Waals surface area contributed by atoms with E-state index in [2.05, 4.69) is 234 Å². The normalized spacial score (nSPS) is 15.3. The Morgan fingerprint density at radius 2 is 0.774 bits per heavy atom. The fourth-order valence-electron chi connectivity index (χ4n) is 11.5. The Labute approximate surface area is 366 Å². The molecule has 3 aliphatic carbocycles. The summed E-state index contributed by atoms with van der Waals surface area (Å²) < 4.78 is 0. The van der Waals surface area contributed by atoms with Crippen molar-refractivity contribution >= 4 is 27.8 Å². The summed E-state index contributed by atoms with van der Waals surface area (Å²) in [4.78, 5) is 2.52. The molecule has 9 aromatic carbocycles. The number of nitrogens with zero attached hydrogens (tertiary/aromatic N) is 1. The van der Waals surface area contributed by atoms with Gasteiger partial charge < -0.3 is 4.90 Å². The second-order valence-corrected chi connectivity index (χ2v) is 19.3. The van der Waals surface area contributed by atoms with Gasteiger partial charge in [-0.05, 0) is 137 Å². The molecule has 0 saturated heterocycles. The first-order chi connectivity index (χ1) is 30.0. The zero-order chi connectivity index (χ0) is 42.1. The lowest BCUT2D eigenvalue weighted by Crippen LogP contribution is -2.25. The number of hydrogen-bond donors (Lipinski definition) is 0. The van der Waals surface area contributed by atoms with E-state index in [0.717, 1.165) is 11.4 Å². The summed E-state index contributed by atoms with van der Waals surface area (Å²) in [7, 11) is 0. The minimum Gasteiger partial charge on any atom is -0.310 e. The van der Waals surface area contributed by atoms with Crippen molar-refractivity contribution in [3.63, 3.8) is 0 Å². The molecule has 0 N–H and O–H groups in total. The van der Waals surface area contributed by atoms with Crippen LogP contribution in [0, 0.1) is 0 Å². The second kappa shape index (κ2) is 13.0. The lowest BCUT2D eigenvalue weighted by Gasteiger charge is -2.38. The molecule has 62 heavy (non-hydrogen) atoms. The van der Waals surface area contributed by atoms with Gasteiger partial charge in [-0.25, -0.2) is 0 Å². The van der Waals surface area contributed by atoms with Gasteiger partial charge >= 0.3 is 0 Å². The molecule has 12 rings (SSSR count). The predicted molar refractivity (Wildman–Crippen MR) is 262 cm³/mol. The quantitative estimate of drug-likeness (QED) is 0.168. The molecule has 0 amide bonds. The molecule has 0 unspecified atom stereocenters. The van der Waals surface area contributed by atoms with E-state index in [-0.39, 0.29) is 16.2 Å². The van der Waals surface area contributed by atoms with E-state index in [0.29, 0.717) is 0 Å². The molecule has 298 valence electrons. The van der Waals surface area contributed by atoms with Crippen LogP contribution in [0.5, 0.6) is 0 Å². The monoisotopic (exact) mass is 795 g/mol. The van der Waals surface area contributed by atoms with E-state index >= 15 is 0 Å². The summed E-state index contributed by atoms with van der Waals surface area (Å²) >= 11 is 0. The van der Waals surface area contributed by atoms with Crippen LogP contribution < -0.4 is 4.90 Å². The highest BCUT2D eigenvalue weighted by Crippen LogP contribution is 2.57. The van der Waals surface area contributed by atoms with Crippen molar-refractivity contribution < 1.29 is 0 Å². The molecule has 1 heteroatoms. The van der Waals surface area contributed by atoms with Gasteiger partial charge in [0.2, 0.25) is 0 Å². The minimum absolute atomic E-state index is 0.0583. The van der Waals surface area contributed by atoms with Crippen LogP contribution in [0.15, 0.2) is 188 Å². The molecule has 3 aliphatic rings. The van der Waals surface area contributed by atoms with Gasteiger partial charge in [0.05, 0.1) is 5.69 Å². The average molecular weight is 796 g/mol. The van der Waals surface area contributed by atoms with Gasteiger partial charge in [-0.1, -0.05) is 187 Å². The standard InChI is InChI=1S/C61H49N/c1-59(2)50-20-12-10-18-45(50)47-31-25-41(35-53(47)59)42-26-32-49-54(36-42)61(5,6)52-22-14-17-40-27-34-56(58(49)57(40)52)62(43-28-23-39(24-29-43)38-15-8-7-9-16-38)44-30-33-48-46-19-11-13-21-51(46)60(3,4)55(48)37-44/h7-37H,1-6H3. The van der Waals surface area contributed by atoms with Crippen LogP contribution in [-0.4, -0.2) is 0 Å². The first-order valence-corrected chi connectivity index (χ1v) is 22.2. The molecule has 0 aromatic heterocycles. The van der Waals surface area contributed by atoms with Crippen molar-refractivity contribution in [1.29, 1.82) is 0 Å². The van der Waals surface area contributed by atoms with E-state index < -0.39 is 0 Å². The Balaban J connectivity index is 1.07. The van der Waals surface area contributed by atoms with Crippen LogP contribution in [-0.2, 0) is 16.2 Å². The zero-order valence-electron chi connectivity index (χ0n) is 36.3. The van der Waals surface area contributed by atoms with Crippen LogP contribution >= 0.6 is 0 Å². The number of hydrogen-bond acceptors (Lipinski definition) is 1. The van der Waals surface area contributed by atoms with E-state index in [1.807, 2.05) is 0 Å². The fourth-order valence-corrected chi connectivity index (χ4v) is 11.5. The van der Waals surface area contributed by atoms with E-state index in [4.69, 9.17) is 0 Å². The van der Waals surface area contributed by atoms with Crippen LogP contribution in [0.4, 0.5) is 17.1 Å². The molecule has 0 radical (unpaired) electrons. The Morgan fingerprint density at radius 3 is 1.44 bits per heavy atom. The molecule has 0 heterocycles. The molecule has 9 aromatic rings. The Hall–Kier alpha value is -6.96. The molecule has 0 saturated carbocycles. The number of benzene rings is 9. The van der Waals surface area contributed by atoms with Crippen molar-refractivity contribution in [1.82, 2.24) is 0 Å². The summed E-state index contributed by atoms with van der Waals surface area (Å²) in [6.07, 6.45) is 0. The molecule has 1 nitrogen and oxygen atoms in total. The van der Waals surface area contributed by atoms with Crippen molar-refractivity contribution in [2.24, 2.45) is 0 Å². The van der Waals surface area contributed by atoms with E-state index in [1.165, 1.54) is 105 Å². The summed E-state index contributed by atoms with van der Waals surface area (Å²) in [5, 5.41) is 2.61. The van der Waals surface area contributed by atoms with Crippen LogP contribution in [0.1, 0.15) is 74.9 Å². The number of anilines is 3. The van der Waals surface area contributed by atoms with Crippen molar-refractivity contribution in [2.45, 2.75) is 57.8 Å². The lowest BCUT2D eigenvalue weighted by atomic mass is 9.67. The van der Waals surface area contributed by atoms with Crippen LogP contribution in [0.2, 0.25) is 0 Å². The third-order valence-electron chi connectivity index (χ3n) is 14.9. The van der Waals surface area contributed by atoms with Gasteiger partial charge in [0.15, 0.2) is 0 Å². The lowest BCUT2D eigenvalue weighted by molar-refractivity contribution is 0.645. The Kier molecular flexibility index (Phi) is 7.74. The predicted octanol–water partition coefficient (Wildman–Crippen LogP) is 16.6. The molecule has 0 bridgehead atoms. The molecule has 0 atom stereocenters. The number of rotatable bonds is 5. The largest absolute Gasteiger partial charge is 0.310 e. The van der Waals surface area contributed by atoms with Crippen LogP contribution in [0.25, 0.3) is 66.4 Å². The van der Waals surface area contributed by atoms with Gasteiger partial charge in [0, 0.05) is 33.2 Å². The molecular formula is C61H49N. The minimum atomic E-state index is -0.228. The SMILES string of the molecule is CC1(C)c2ccccc2-c2ccc(-c3ccc4c(c3)C(C)(C)c3cccc5ccc(N(c6ccc(-c7ccccc7)cc6)c6ccc7c(c6)C(C)(C)c6ccccc6-7)c-4c35)cc21. The van der Waals surface area contributed by atoms with Crippen molar-refractivity contribution in [2.75, 3.05) is 4.90 Å².